The van der Waals surface area contributed by atoms with Crippen LogP contribution in [0.5, 0.6) is 0 Å². The summed E-state index contributed by atoms with van der Waals surface area (Å²) in [7, 11) is 0. The summed E-state index contributed by atoms with van der Waals surface area (Å²) in [5.74, 6) is 0. The number of rotatable bonds is 4. The van der Waals surface area contributed by atoms with E-state index in [1.54, 1.807) is 0 Å². The van der Waals surface area contributed by atoms with E-state index < -0.39 is 18.5 Å². The lowest BCUT2D eigenvalue weighted by Gasteiger charge is -2.03. The number of alkyl halides is 4. The molecule has 0 aliphatic rings. The molecule has 0 bridgehead atoms. The number of aromatic nitrogens is 2. The number of nitrogens with zero attached hydrogens (tertiary/aromatic N) is 2. The van der Waals surface area contributed by atoms with E-state index in [0.29, 0.717) is 6.29 Å². The van der Waals surface area contributed by atoms with Crippen LogP contribution in [0.2, 0.25) is 0 Å². The monoisotopic (exact) mass is 224 g/mol. The van der Waals surface area contributed by atoms with Gasteiger partial charge in [-0.2, -0.15) is 18.3 Å². The van der Waals surface area contributed by atoms with Gasteiger partial charge in [0.15, 0.2) is 5.69 Å². The van der Waals surface area contributed by atoms with Crippen molar-refractivity contribution in [2.45, 2.75) is 19.1 Å². The van der Waals surface area contributed by atoms with Crippen molar-refractivity contribution in [3.63, 3.8) is 0 Å². The smallest absolute Gasteiger partial charge is 0.303 e. The van der Waals surface area contributed by atoms with E-state index in [0.717, 1.165) is 10.9 Å². The van der Waals surface area contributed by atoms with Crippen molar-refractivity contribution >= 4 is 6.29 Å². The molecule has 1 heterocycles. The predicted molar refractivity (Wildman–Crippen MR) is 43.0 cm³/mol. The number of hydrogen-bond donors (Lipinski definition) is 0. The molecule has 0 spiro atoms. The SMILES string of the molecule is O=CCc1cn(CCF)nc1C(F)(F)F. The number of aryl methyl sites for hydroxylation is 1. The van der Waals surface area contributed by atoms with Crippen molar-refractivity contribution in [3.05, 3.63) is 17.5 Å². The number of hydrogen-bond acceptors (Lipinski definition) is 2. The fourth-order valence-corrected chi connectivity index (χ4v) is 1.14. The fourth-order valence-electron chi connectivity index (χ4n) is 1.14. The molecule has 0 fully saturated rings. The Labute approximate surface area is 82.7 Å². The van der Waals surface area contributed by atoms with Crippen molar-refractivity contribution in [2.24, 2.45) is 0 Å². The molecule has 1 rings (SSSR count). The molecule has 3 nitrogen and oxygen atoms in total. The van der Waals surface area contributed by atoms with Crippen LogP contribution in [-0.2, 0) is 23.9 Å². The minimum atomic E-state index is -4.61. The van der Waals surface area contributed by atoms with E-state index in [1.807, 2.05) is 0 Å². The second-order valence-corrected chi connectivity index (χ2v) is 2.82. The van der Waals surface area contributed by atoms with Crippen LogP contribution < -0.4 is 0 Å². The zero-order valence-corrected chi connectivity index (χ0v) is 7.59. The lowest BCUT2D eigenvalue weighted by molar-refractivity contribution is -0.142. The molecule has 0 amide bonds. The minimum absolute atomic E-state index is 0.231. The summed E-state index contributed by atoms with van der Waals surface area (Å²) in [6, 6.07) is 0. The highest BCUT2D eigenvalue weighted by Gasteiger charge is 2.36. The summed E-state index contributed by atoms with van der Waals surface area (Å²) in [6.45, 7) is -1.05. The van der Waals surface area contributed by atoms with Crippen LogP contribution in [0.1, 0.15) is 11.3 Å². The van der Waals surface area contributed by atoms with Gasteiger partial charge in [-0.3, -0.25) is 4.68 Å². The van der Waals surface area contributed by atoms with Crippen LogP contribution >= 0.6 is 0 Å². The zero-order valence-electron chi connectivity index (χ0n) is 7.59. The Bertz CT molecular complexity index is 345. The van der Waals surface area contributed by atoms with Crippen LogP contribution in [0.25, 0.3) is 0 Å². The van der Waals surface area contributed by atoms with Crippen LogP contribution in [0.3, 0.4) is 0 Å². The third-order valence-electron chi connectivity index (χ3n) is 1.72. The Kier molecular flexibility index (Phi) is 3.43. The Balaban J connectivity index is 3.05. The lowest BCUT2D eigenvalue weighted by atomic mass is 10.2. The molecule has 0 radical (unpaired) electrons. The van der Waals surface area contributed by atoms with E-state index in [9.17, 15) is 22.4 Å². The largest absolute Gasteiger partial charge is 0.435 e. The third-order valence-corrected chi connectivity index (χ3v) is 1.72. The molecule has 0 aliphatic heterocycles. The fraction of sp³-hybridized carbons (Fsp3) is 0.500. The molecule has 1 aromatic heterocycles. The summed E-state index contributed by atoms with van der Waals surface area (Å²) in [4.78, 5) is 10.1. The Hall–Kier alpha value is -1.40. The van der Waals surface area contributed by atoms with Crippen molar-refractivity contribution in [2.75, 3.05) is 6.67 Å². The molecule has 0 saturated carbocycles. The van der Waals surface area contributed by atoms with Crippen molar-refractivity contribution in [1.82, 2.24) is 9.78 Å². The summed E-state index contributed by atoms with van der Waals surface area (Å²) >= 11 is 0. The van der Waals surface area contributed by atoms with Gasteiger partial charge in [0.05, 0.1) is 6.54 Å². The van der Waals surface area contributed by atoms with Crippen LogP contribution in [0.4, 0.5) is 17.6 Å². The topological polar surface area (TPSA) is 34.9 Å². The molecule has 0 aromatic carbocycles. The second kappa shape index (κ2) is 4.41. The van der Waals surface area contributed by atoms with Gasteiger partial charge in [-0.25, -0.2) is 4.39 Å². The third kappa shape index (κ3) is 2.77. The van der Waals surface area contributed by atoms with Gasteiger partial charge in [0.1, 0.15) is 13.0 Å². The first kappa shape index (κ1) is 11.7. The minimum Gasteiger partial charge on any atom is -0.303 e. The van der Waals surface area contributed by atoms with Gasteiger partial charge in [-0.15, -0.1) is 0 Å². The Morgan fingerprint density at radius 3 is 2.60 bits per heavy atom. The van der Waals surface area contributed by atoms with Crippen LogP contribution in [-0.4, -0.2) is 22.7 Å². The molecule has 0 unspecified atom stereocenters. The second-order valence-electron chi connectivity index (χ2n) is 2.82. The zero-order chi connectivity index (χ0) is 11.5. The predicted octanol–water partition coefficient (Wildman–Crippen LogP) is 1.61. The van der Waals surface area contributed by atoms with E-state index in [2.05, 4.69) is 5.10 Å². The van der Waals surface area contributed by atoms with Gasteiger partial charge in [-0.05, 0) is 0 Å². The van der Waals surface area contributed by atoms with E-state index in [-0.39, 0.29) is 18.5 Å². The summed E-state index contributed by atoms with van der Waals surface area (Å²) in [5, 5.41) is 3.18. The first-order chi connectivity index (χ1) is 6.99. The van der Waals surface area contributed by atoms with E-state index >= 15 is 0 Å². The van der Waals surface area contributed by atoms with Crippen molar-refractivity contribution < 1.29 is 22.4 Å². The van der Waals surface area contributed by atoms with Crippen LogP contribution in [0, 0.1) is 0 Å². The van der Waals surface area contributed by atoms with Gasteiger partial charge in [0, 0.05) is 18.2 Å². The molecule has 0 aliphatic carbocycles. The highest BCUT2D eigenvalue weighted by Crippen LogP contribution is 2.30. The molecule has 1 aromatic rings. The maximum Gasteiger partial charge on any atom is 0.435 e. The maximum atomic E-state index is 12.3. The van der Waals surface area contributed by atoms with Gasteiger partial charge >= 0.3 is 6.18 Å². The van der Waals surface area contributed by atoms with Gasteiger partial charge in [0.25, 0.3) is 0 Å². The highest BCUT2D eigenvalue weighted by molar-refractivity contribution is 5.55. The molecule has 84 valence electrons. The number of carbonyl (C=O) groups excluding carboxylic acids is 1. The first-order valence-corrected chi connectivity index (χ1v) is 4.12. The maximum absolute atomic E-state index is 12.3. The van der Waals surface area contributed by atoms with E-state index in [4.69, 9.17) is 0 Å². The molecular weight excluding hydrogens is 216 g/mol. The Morgan fingerprint density at radius 2 is 2.13 bits per heavy atom. The average Bonchev–Trinajstić information content (AvgIpc) is 2.49. The number of carbonyl (C=O) groups is 1. The highest BCUT2D eigenvalue weighted by atomic mass is 19.4. The molecule has 0 N–H and O–H groups in total. The number of halogens is 4. The molecule has 15 heavy (non-hydrogen) atoms. The van der Waals surface area contributed by atoms with E-state index in [1.165, 1.54) is 0 Å². The Morgan fingerprint density at radius 1 is 1.47 bits per heavy atom. The normalized spacial score (nSPS) is 11.7. The summed E-state index contributed by atoms with van der Waals surface area (Å²) in [6.07, 6.45) is -3.59. The molecule has 7 heteroatoms. The molecule has 0 atom stereocenters. The lowest BCUT2D eigenvalue weighted by Crippen LogP contribution is -2.10. The average molecular weight is 224 g/mol. The van der Waals surface area contributed by atoms with Crippen molar-refractivity contribution in [3.8, 4) is 0 Å². The van der Waals surface area contributed by atoms with Gasteiger partial charge in [-0.1, -0.05) is 0 Å². The van der Waals surface area contributed by atoms with Gasteiger partial charge in [0.2, 0.25) is 0 Å². The standard InChI is InChI=1S/C8H8F4N2O/c9-2-3-14-5-6(1-4-15)7(13-14)8(10,11)12/h4-5H,1-3H2. The molecular formula is C8H8F4N2O. The van der Waals surface area contributed by atoms with Gasteiger partial charge < -0.3 is 4.79 Å². The summed E-state index contributed by atoms with van der Waals surface area (Å²) in [5.41, 5.74) is -1.35. The molecule has 0 saturated heterocycles. The quantitative estimate of drug-likeness (QED) is 0.575. The van der Waals surface area contributed by atoms with Crippen LogP contribution in [0.15, 0.2) is 6.20 Å². The summed E-state index contributed by atoms with van der Waals surface area (Å²) < 4.78 is 49.8. The number of aldehydes is 1. The van der Waals surface area contributed by atoms with Crippen molar-refractivity contribution in [1.29, 1.82) is 0 Å². The first-order valence-electron chi connectivity index (χ1n) is 4.12.